The van der Waals surface area contributed by atoms with Gasteiger partial charge in [0, 0.05) is 15.7 Å². The van der Waals surface area contributed by atoms with Crippen molar-refractivity contribution in [2.45, 2.75) is 18.7 Å². The van der Waals surface area contributed by atoms with Crippen LogP contribution in [0.15, 0.2) is 36.4 Å². The Morgan fingerprint density at radius 3 is 2.71 bits per heavy atom. The molecule has 1 atom stereocenters. The second-order valence-electron chi connectivity index (χ2n) is 4.51. The first-order valence-electron chi connectivity index (χ1n) is 6.42. The highest BCUT2D eigenvalue weighted by Crippen LogP contribution is 2.25. The van der Waals surface area contributed by atoms with E-state index in [0.717, 1.165) is 15.7 Å². The Bertz CT molecular complexity index is 615. The van der Waals surface area contributed by atoms with Crippen LogP contribution in [0.2, 0.25) is 9.36 Å². The summed E-state index contributed by atoms with van der Waals surface area (Å²) in [6, 6.07) is 11.3. The highest BCUT2D eigenvalue weighted by molar-refractivity contribution is 7.99. The normalized spacial score (nSPS) is 12.1. The van der Waals surface area contributed by atoms with E-state index in [9.17, 15) is 4.79 Å². The SMILES string of the molecule is CC(NC(=O)CSCc1ccc(Cl)s1)c1ccccc1Cl. The molecule has 21 heavy (non-hydrogen) atoms. The number of benzene rings is 1. The maximum absolute atomic E-state index is 11.9. The zero-order valence-electron chi connectivity index (χ0n) is 11.4. The minimum Gasteiger partial charge on any atom is -0.349 e. The van der Waals surface area contributed by atoms with Gasteiger partial charge in [0.05, 0.1) is 16.1 Å². The molecule has 1 aromatic heterocycles. The number of carbonyl (C=O) groups excluding carboxylic acids is 1. The van der Waals surface area contributed by atoms with Gasteiger partial charge in [0.15, 0.2) is 0 Å². The van der Waals surface area contributed by atoms with Crippen LogP contribution in [0.1, 0.15) is 23.4 Å². The highest BCUT2D eigenvalue weighted by atomic mass is 35.5. The number of hydrogen-bond acceptors (Lipinski definition) is 3. The van der Waals surface area contributed by atoms with Crippen molar-refractivity contribution in [3.8, 4) is 0 Å². The van der Waals surface area contributed by atoms with Crippen molar-refractivity contribution in [1.82, 2.24) is 5.32 Å². The van der Waals surface area contributed by atoms with Gasteiger partial charge in [-0.2, -0.15) is 0 Å². The summed E-state index contributed by atoms with van der Waals surface area (Å²) >= 11 is 15.1. The van der Waals surface area contributed by atoms with Crippen molar-refractivity contribution >= 4 is 52.2 Å². The first-order chi connectivity index (χ1) is 10.1. The van der Waals surface area contributed by atoms with Gasteiger partial charge in [-0.15, -0.1) is 23.1 Å². The zero-order chi connectivity index (χ0) is 15.2. The molecule has 0 saturated carbocycles. The third kappa shape index (κ3) is 5.22. The average Bonchev–Trinajstić information content (AvgIpc) is 2.84. The number of halogens is 2. The van der Waals surface area contributed by atoms with Gasteiger partial charge in [0.1, 0.15) is 0 Å². The summed E-state index contributed by atoms with van der Waals surface area (Å²) in [6.07, 6.45) is 0. The molecule has 112 valence electrons. The van der Waals surface area contributed by atoms with Crippen molar-refractivity contribution in [3.05, 3.63) is 56.2 Å². The Balaban J connectivity index is 1.78. The van der Waals surface area contributed by atoms with Gasteiger partial charge in [-0.3, -0.25) is 4.79 Å². The van der Waals surface area contributed by atoms with E-state index in [1.165, 1.54) is 4.88 Å². The number of rotatable bonds is 6. The van der Waals surface area contributed by atoms with Crippen molar-refractivity contribution in [1.29, 1.82) is 0 Å². The zero-order valence-corrected chi connectivity index (χ0v) is 14.6. The molecule has 0 aliphatic carbocycles. The standard InChI is InChI=1S/C15H15Cl2NOS2/c1-10(12-4-2-3-5-13(12)16)18-15(19)9-20-8-11-6-7-14(17)21-11/h2-7,10H,8-9H2,1H3,(H,18,19). The van der Waals surface area contributed by atoms with E-state index in [0.29, 0.717) is 10.8 Å². The Morgan fingerprint density at radius 2 is 2.05 bits per heavy atom. The Kier molecular flexibility index (Phi) is 6.42. The Labute approximate surface area is 142 Å². The lowest BCUT2D eigenvalue weighted by molar-refractivity contribution is -0.119. The highest BCUT2D eigenvalue weighted by Gasteiger charge is 2.12. The lowest BCUT2D eigenvalue weighted by Gasteiger charge is -2.15. The van der Waals surface area contributed by atoms with Crippen LogP contribution in [0.5, 0.6) is 0 Å². The van der Waals surface area contributed by atoms with Crippen LogP contribution in [0.4, 0.5) is 0 Å². The van der Waals surface area contributed by atoms with E-state index in [-0.39, 0.29) is 11.9 Å². The molecule has 1 aromatic carbocycles. The van der Waals surface area contributed by atoms with E-state index in [1.807, 2.05) is 43.3 Å². The summed E-state index contributed by atoms with van der Waals surface area (Å²) in [6.45, 7) is 1.93. The molecule has 1 amide bonds. The number of nitrogens with one attached hydrogen (secondary N) is 1. The molecular formula is C15H15Cl2NOS2. The first-order valence-corrected chi connectivity index (χ1v) is 9.14. The Hall–Kier alpha value is -0.680. The fraction of sp³-hybridized carbons (Fsp3) is 0.267. The third-order valence-corrected chi connectivity index (χ3v) is 5.60. The van der Waals surface area contributed by atoms with E-state index in [2.05, 4.69) is 5.32 Å². The number of amides is 1. The van der Waals surface area contributed by atoms with E-state index in [4.69, 9.17) is 23.2 Å². The van der Waals surface area contributed by atoms with E-state index < -0.39 is 0 Å². The molecule has 0 bridgehead atoms. The molecule has 0 saturated heterocycles. The monoisotopic (exact) mass is 359 g/mol. The summed E-state index contributed by atoms with van der Waals surface area (Å²) < 4.78 is 0.780. The van der Waals surface area contributed by atoms with Crippen LogP contribution in [0, 0.1) is 0 Å². The van der Waals surface area contributed by atoms with Gasteiger partial charge in [0.2, 0.25) is 5.91 Å². The summed E-state index contributed by atoms with van der Waals surface area (Å²) in [7, 11) is 0. The average molecular weight is 360 g/mol. The molecule has 0 radical (unpaired) electrons. The molecule has 0 aliphatic rings. The lowest BCUT2D eigenvalue weighted by atomic mass is 10.1. The van der Waals surface area contributed by atoms with Gasteiger partial charge in [-0.05, 0) is 30.7 Å². The quantitative estimate of drug-likeness (QED) is 0.770. The minimum absolute atomic E-state index is 0.00933. The van der Waals surface area contributed by atoms with Crippen LogP contribution in [-0.4, -0.2) is 11.7 Å². The molecule has 1 N–H and O–H groups in total. The summed E-state index contributed by atoms with van der Waals surface area (Å²) in [5.41, 5.74) is 0.933. The van der Waals surface area contributed by atoms with Crippen molar-refractivity contribution in [2.24, 2.45) is 0 Å². The van der Waals surface area contributed by atoms with E-state index >= 15 is 0 Å². The molecule has 2 aromatic rings. The molecule has 0 spiro atoms. The summed E-state index contributed by atoms with van der Waals surface area (Å²) in [4.78, 5) is 13.1. The predicted octanol–water partition coefficient (Wildman–Crippen LogP) is 5.17. The van der Waals surface area contributed by atoms with Crippen molar-refractivity contribution in [2.75, 3.05) is 5.75 Å². The number of carbonyl (C=O) groups is 1. The summed E-state index contributed by atoms with van der Waals surface area (Å²) in [5, 5.41) is 3.63. The van der Waals surface area contributed by atoms with Gasteiger partial charge < -0.3 is 5.32 Å². The molecule has 2 rings (SSSR count). The molecular weight excluding hydrogens is 345 g/mol. The van der Waals surface area contributed by atoms with E-state index in [1.54, 1.807) is 23.1 Å². The first kappa shape index (κ1) is 16.7. The van der Waals surface area contributed by atoms with Gasteiger partial charge in [0.25, 0.3) is 0 Å². The smallest absolute Gasteiger partial charge is 0.230 e. The second-order valence-corrected chi connectivity index (χ2v) is 7.70. The minimum atomic E-state index is -0.0945. The molecule has 6 heteroatoms. The number of hydrogen-bond donors (Lipinski definition) is 1. The summed E-state index contributed by atoms with van der Waals surface area (Å²) in [5.74, 6) is 1.23. The van der Waals surface area contributed by atoms with Gasteiger partial charge >= 0.3 is 0 Å². The number of thioether (sulfide) groups is 1. The fourth-order valence-corrected chi connectivity index (χ4v) is 4.20. The maximum Gasteiger partial charge on any atom is 0.230 e. The Morgan fingerprint density at radius 1 is 1.29 bits per heavy atom. The van der Waals surface area contributed by atoms with Crippen molar-refractivity contribution < 1.29 is 4.79 Å². The molecule has 1 heterocycles. The van der Waals surface area contributed by atoms with Crippen LogP contribution >= 0.6 is 46.3 Å². The lowest BCUT2D eigenvalue weighted by Crippen LogP contribution is -2.28. The van der Waals surface area contributed by atoms with Crippen LogP contribution in [0.3, 0.4) is 0 Å². The number of thiophene rings is 1. The van der Waals surface area contributed by atoms with Crippen LogP contribution in [0.25, 0.3) is 0 Å². The van der Waals surface area contributed by atoms with Crippen molar-refractivity contribution in [3.63, 3.8) is 0 Å². The molecule has 0 fully saturated rings. The van der Waals surface area contributed by atoms with Gasteiger partial charge in [-0.1, -0.05) is 41.4 Å². The molecule has 0 aliphatic heterocycles. The topological polar surface area (TPSA) is 29.1 Å². The maximum atomic E-state index is 11.9. The largest absolute Gasteiger partial charge is 0.349 e. The van der Waals surface area contributed by atoms with Crippen LogP contribution in [-0.2, 0) is 10.5 Å². The molecule has 2 nitrogen and oxygen atoms in total. The molecule has 1 unspecified atom stereocenters. The predicted molar refractivity (Wildman–Crippen MR) is 93.5 cm³/mol. The fourth-order valence-electron chi connectivity index (χ4n) is 1.86. The third-order valence-electron chi connectivity index (χ3n) is 2.86. The van der Waals surface area contributed by atoms with Crippen LogP contribution < -0.4 is 5.32 Å². The second kappa shape index (κ2) is 8.08. The van der Waals surface area contributed by atoms with Gasteiger partial charge in [-0.25, -0.2) is 0 Å².